The molecule has 8 heteroatoms. The van der Waals surface area contributed by atoms with Gasteiger partial charge in [0.15, 0.2) is 0 Å². The van der Waals surface area contributed by atoms with Crippen LogP contribution in [0.25, 0.3) is 0 Å². The van der Waals surface area contributed by atoms with Crippen molar-refractivity contribution in [1.82, 2.24) is 24.8 Å². The van der Waals surface area contributed by atoms with Crippen molar-refractivity contribution in [3.63, 3.8) is 0 Å². The topological polar surface area (TPSA) is 95.2 Å². The summed E-state index contributed by atoms with van der Waals surface area (Å²) in [6, 6.07) is 0. The van der Waals surface area contributed by atoms with Crippen molar-refractivity contribution in [3.05, 3.63) is 24.1 Å². The van der Waals surface area contributed by atoms with E-state index in [1.54, 1.807) is 17.1 Å². The van der Waals surface area contributed by atoms with Crippen LogP contribution in [0.3, 0.4) is 0 Å². The normalized spacial score (nSPS) is 20.4. The number of likely N-dealkylation sites (N-methyl/N-ethyl adjacent to an activating group) is 1. The lowest BCUT2D eigenvalue weighted by Gasteiger charge is -2.30. The lowest BCUT2D eigenvalue weighted by atomic mass is 10.2. The minimum atomic E-state index is -0.121. The van der Waals surface area contributed by atoms with E-state index < -0.39 is 0 Å². The van der Waals surface area contributed by atoms with E-state index in [9.17, 15) is 0 Å². The number of anilines is 1. The van der Waals surface area contributed by atoms with Gasteiger partial charge in [-0.05, 0) is 6.54 Å². The molecule has 0 aromatic carbocycles. The summed E-state index contributed by atoms with van der Waals surface area (Å²) in [7, 11) is 0. The number of nitrogen functional groups attached to an aromatic ring is 1. The molecule has 0 spiro atoms. The maximum absolute atomic E-state index is 5.69. The Morgan fingerprint density at radius 2 is 2.40 bits per heavy atom. The monoisotopic (exact) mass is 278 g/mol. The Morgan fingerprint density at radius 1 is 1.50 bits per heavy atom. The van der Waals surface area contributed by atoms with Gasteiger partial charge in [-0.1, -0.05) is 12.1 Å². The number of hydrogen-bond acceptors (Lipinski definition) is 7. The van der Waals surface area contributed by atoms with Crippen LogP contribution >= 0.6 is 0 Å². The molecule has 20 heavy (non-hydrogen) atoms. The SMILES string of the molecule is CCN1CCOC(c2noc(Cn3cc(N)cn3)n2)C1. The van der Waals surface area contributed by atoms with Gasteiger partial charge in [0, 0.05) is 19.3 Å². The second kappa shape index (κ2) is 5.59. The van der Waals surface area contributed by atoms with Crippen molar-refractivity contribution in [2.24, 2.45) is 0 Å². The van der Waals surface area contributed by atoms with E-state index in [2.05, 4.69) is 27.1 Å². The largest absolute Gasteiger partial charge is 0.396 e. The first-order valence-electron chi connectivity index (χ1n) is 6.69. The van der Waals surface area contributed by atoms with E-state index in [0.29, 0.717) is 30.6 Å². The minimum absolute atomic E-state index is 0.121. The van der Waals surface area contributed by atoms with Gasteiger partial charge in [-0.15, -0.1) is 0 Å². The zero-order valence-electron chi connectivity index (χ0n) is 11.4. The van der Waals surface area contributed by atoms with Crippen LogP contribution in [0.1, 0.15) is 24.7 Å². The molecule has 108 valence electrons. The van der Waals surface area contributed by atoms with Gasteiger partial charge in [0.2, 0.25) is 11.7 Å². The maximum atomic E-state index is 5.69. The quantitative estimate of drug-likeness (QED) is 0.858. The summed E-state index contributed by atoms with van der Waals surface area (Å²) >= 11 is 0. The van der Waals surface area contributed by atoms with Crippen LogP contribution in [-0.2, 0) is 11.3 Å². The van der Waals surface area contributed by atoms with E-state index in [1.807, 2.05) is 0 Å². The van der Waals surface area contributed by atoms with Crippen molar-refractivity contribution in [2.75, 3.05) is 32.0 Å². The predicted octanol–water partition coefficient (Wildman–Crippen LogP) is 0.290. The van der Waals surface area contributed by atoms with E-state index in [0.717, 1.165) is 19.6 Å². The molecule has 1 saturated heterocycles. The zero-order valence-corrected chi connectivity index (χ0v) is 11.4. The fourth-order valence-corrected chi connectivity index (χ4v) is 2.21. The summed E-state index contributed by atoms with van der Waals surface area (Å²) in [5, 5.41) is 8.08. The van der Waals surface area contributed by atoms with E-state index in [-0.39, 0.29) is 6.10 Å². The van der Waals surface area contributed by atoms with Crippen LogP contribution in [0.2, 0.25) is 0 Å². The van der Waals surface area contributed by atoms with Gasteiger partial charge in [0.1, 0.15) is 12.6 Å². The molecule has 1 fully saturated rings. The molecule has 2 N–H and O–H groups in total. The highest BCUT2D eigenvalue weighted by molar-refractivity contribution is 5.30. The number of rotatable bonds is 4. The van der Waals surface area contributed by atoms with Crippen molar-refractivity contribution in [3.8, 4) is 0 Å². The molecule has 1 unspecified atom stereocenters. The average molecular weight is 278 g/mol. The van der Waals surface area contributed by atoms with Gasteiger partial charge in [-0.25, -0.2) is 0 Å². The molecular weight excluding hydrogens is 260 g/mol. The molecule has 3 rings (SSSR count). The summed E-state index contributed by atoms with van der Waals surface area (Å²) in [4.78, 5) is 6.68. The second-order valence-electron chi connectivity index (χ2n) is 4.77. The molecule has 0 aliphatic carbocycles. The minimum Gasteiger partial charge on any atom is -0.396 e. The Bertz CT molecular complexity index is 566. The zero-order chi connectivity index (χ0) is 13.9. The number of hydrogen-bond donors (Lipinski definition) is 1. The van der Waals surface area contributed by atoms with Gasteiger partial charge in [0.25, 0.3) is 0 Å². The molecule has 2 aromatic rings. The lowest BCUT2D eigenvalue weighted by Crippen LogP contribution is -2.38. The molecule has 1 aliphatic rings. The molecule has 2 aromatic heterocycles. The summed E-state index contributed by atoms with van der Waals surface area (Å²) in [6.45, 7) is 5.98. The Labute approximate surface area is 116 Å². The molecule has 3 heterocycles. The van der Waals surface area contributed by atoms with Crippen LogP contribution in [0.4, 0.5) is 5.69 Å². The third-order valence-electron chi connectivity index (χ3n) is 3.32. The smallest absolute Gasteiger partial charge is 0.248 e. The summed E-state index contributed by atoms with van der Waals surface area (Å²) in [5.74, 6) is 1.10. The van der Waals surface area contributed by atoms with Crippen LogP contribution < -0.4 is 5.73 Å². The Balaban J connectivity index is 1.67. The van der Waals surface area contributed by atoms with Crippen molar-refractivity contribution in [1.29, 1.82) is 0 Å². The Hall–Kier alpha value is -1.93. The molecule has 0 saturated carbocycles. The maximum Gasteiger partial charge on any atom is 0.248 e. The molecule has 1 aliphatic heterocycles. The van der Waals surface area contributed by atoms with Crippen LogP contribution in [-0.4, -0.2) is 51.1 Å². The number of ether oxygens (including phenoxy) is 1. The summed E-state index contributed by atoms with van der Waals surface area (Å²) in [6.07, 6.45) is 3.18. The average Bonchev–Trinajstić information content (AvgIpc) is 3.09. The molecule has 0 radical (unpaired) electrons. The summed E-state index contributed by atoms with van der Waals surface area (Å²) in [5.41, 5.74) is 6.22. The highest BCUT2D eigenvalue weighted by atomic mass is 16.5. The standard InChI is InChI=1S/C12H18N6O2/c1-2-17-3-4-19-10(7-17)12-15-11(20-16-12)8-18-6-9(13)5-14-18/h5-6,10H,2-4,7-8,13H2,1H3. The van der Waals surface area contributed by atoms with Gasteiger partial charge in [-0.3, -0.25) is 9.58 Å². The molecule has 0 amide bonds. The van der Waals surface area contributed by atoms with Crippen LogP contribution in [0.5, 0.6) is 0 Å². The lowest BCUT2D eigenvalue weighted by molar-refractivity contribution is -0.0334. The molecule has 1 atom stereocenters. The third kappa shape index (κ3) is 2.81. The Morgan fingerprint density at radius 3 is 3.15 bits per heavy atom. The first-order valence-corrected chi connectivity index (χ1v) is 6.69. The van der Waals surface area contributed by atoms with Gasteiger partial charge >= 0.3 is 0 Å². The summed E-state index contributed by atoms with van der Waals surface area (Å²) < 4.78 is 12.6. The molecular formula is C12H18N6O2. The first kappa shape index (κ1) is 13.1. The number of nitrogens with zero attached hydrogens (tertiary/aromatic N) is 5. The highest BCUT2D eigenvalue weighted by Crippen LogP contribution is 2.19. The van der Waals surface area contributed by atoms with E-state index in [4.69, 9.17) is 15.0 Å². The number of nitrogens with two attached hydrogens (primary N) is 1. The first-order chi connectivity index (χ1) is 9.74. The number of aromatic nitrogens is 4. The van der Waals surface area contributed by atoms with E-state index >= 15 is 0 Å². The second-order valence-corrected chi connectivity index (χ2v) is 4.77. The van der Waals surface area contributed by atoms with Gasteiger partial charge in [-0.2, -0.15) is 10.1 Å². The Kier molecular flexibility index (Phi) is 3.66. The fourth-order valence-electron chi connectivity index (χ4n) is 2.21. The molecule has 0 bridgehead atoms. The number of morpholine rings is 1. The van der Waals surface area contributed by atoms with Crippen LogP contribution in [0.15, 0.2) is 16.9 Å². The van der Waals surface area contributed by atoms with Gasteiger partial charge in [0.05, 0.1) is 18.5 Å². The van der Waals surface area contributed by atoms with E-state index in [1.165, 1.54) is 0 Å². The fraction of sp³-hybridized carbons (Fsp3) is 0.583. The van der Waals surface area contributed by atoms with Gasteiger partial charge < -0.3 is 15.0 Å². The van der Waals surface area contributed by atoms with Crippen molar-refractivity contribution in [2.45, 2.75) is 19.6 Å². The highest BCUT2D eigenvalue weighted by Gasteiger charge is 2.25. The molecule has 8 nitrogen and oxygen atoms in total. The van der Waals surface area contributed by atoms with Crippen molar-refractivity contribution < 1.29 is 9.26 Å². The van der Waals surface area contributed by atoms with Crippen molar-refractivity contribution >= 4 is 5.69 Å². The van der Waals surface area contributed by atoms with Crippen LogP contribution in [0, 0.1) is 0 Å². The third-order valence-corrected chi connectivity index (χ3v) is 3.32. The predicted molar refractivity (Wildman–Crippen MR) is 70.8 cm³/mol.